The first-order chi connectivity index (χ1) is 10.0. The summed E-state index contributed by atoms with van der Waals surface area (Å²) in [5.41, 5.74) is 7.04. The quantitative estimate of drug-likeness (QED) is 0.608. The van der Waals surface area contributed by atoms with Gasteiger partial charge in [0.05, 0.1) is 5.92 Å². The van der Waals surface area contributed by atoms with E-state index in [1.54, 1.807) is 0 Å². The van der Waals surface area contributed by atoms with Crippen LogP contribution in [0.4, 0.5) is 0 Å². The van der Waals surface area contributed by atoms with E-state index in [-0.39, 0.29) is 24.3 Å². The van der Waals surface area contributed by atoms with Crippen LogP contribution in [0.1, 0.15) is 44.2 Å². The molecule has 0 fully saturated rings. The number of benzene rings is 1. The monoisotopic (exact) mass is 292 g/mol. The molecule has 5 heteroatoms. The largest absolute Gasteiger partial charge is 0.481 e. The Hall–Kier alpha value is -1.88. The molecule has 5 nitrogen and oxygen atoms in total. The minimum Gasteiger partial charge on any atom is -0.481 e. The van der Waals surface area contributed by atoms with Crippen molar-refractivity contribution < 1.29 is 14.7 Å². The molecule has 0 aliphatic heterocycles. The van der Waals surface area contributed by atoms with E-state index in [2.05, 4.69) is 5.32 Å². The van der Waals surface area contributed by atoms with Gasteiger partial charge in [-0.2, -0.15) is 0 Å². The first kappa shape index (κ1) is 17.2. The van der Waals surface area contributed by atoms with Crippen LogP contribution < -0.4 is 11.1 Å². The number of carbonyl (C=O) groups is 2. The molecule has 116 valence electrons. The third kappa shape index (κ3) is 6.40. The highest BCUT2D eigenvalue weighted by atomic mass is 16.4. The molecule has 1 rings (SSSR count). The van der Waals surface area contributed by atoms with Gasteiger partial charge in [-0.15, -0.1) is 0 Å². The number of unbranched alkanes of at least 4 members (excludes halogenated alkanes) is 2. The maximum absolute atomic E-state index is 12.0. The van der Waals surface area contributed by atoms with E-state index in [1.165, 1.54) is 0 Å². The van der Waals surface area contributed by atoms with E-state index in [0.29, 0.717) is 13.0 Å². The van der Waals surface area contributed by atoms with Crippen LogP contribution in [0.5, 0.6) is 0 Å². The first-order valence-corrected chi connectivity index (χ1v) is 7.32. The average molecular weight is 292 g/mol. The molecule has 21 heavy (non-hydrogen) atoms. The Balaban J connectivity index is 2.26. The van der Waals surface area contributed by atoms with Crippen LogP contribution in [0, 0.1) is 5.92 Å². The molecule has 0 spiro atoms. The fraction of sp³-hybridized carbons (Fsp3) is 0.500. The maximum atomic E-state index is 12.0. The highest BCUT2D eigenvalue weighted by molar-refractivity contribution is 5.79. The lowest BCUT2D eigenvalue weighted by molar-refractivity contribution is -0.137. The lowest BCUT2D eigenvalue weighted by Crippen LogP contribution is -2.36. The normalized spacial score (nSPS) is 13.4. The molecular weight excluding hydrogens is 268 g/mol. The zero-order valence-electron chi connectivity index (χ0n) is 12.4. The number of carboxylic acids is 1. The van der Waals surface area contributed by atoms with Crippen LogP contribution in [0.15, 0.2) is 30.3 Å². The molecule has 0 saturated heterocycles. The van der Waals surface area contributed by atoms with E-state index in [9.17, 15) is 9.59 Å². The van der Waals surface area contributed by atoms with Gasteiger partial charge in [0, 0.05) is 19.0 Å². The number of nitrogens with one attached hydrogen (secondary N) is 1. The van der Waals surface area contributed by atoms with Gasteiger partial charge >= 0.3 is 5.97 Å². The molecule has 1 aromatic rings. The third-order valence-electron chi connectivity index (χ3n) is 3.50. The van der Waals surface area contributed by atoms with E-state index in [1.807, 2.05) is 37.3 Å². The predicted octanol–water partition coefficient (Wildman–Crippen LogP) is 2.08. The average Bonchev–Trinajstić information content (AvgIpc) is 2.49. The van der Waals surface area contributed by atoms with Crippen LogP contribution in [0.2, 0.25) is 0 Å². The van der Waals surface area contributed by atoms with E-state index in [0.717, 1.165) is 18.4 Å². The van der Waals surface area contributed by atoms with Crippen molar-refractivity contribution in [3.8, 4) is 0 Å². The van der Waals surface area contributed by atoms with Crippen molar-refractivity contribution >= 4 is 11.9 Å². The molecule has 1 aromatic carbocycles. The molecule has 0 saturated carbocycles. The summed E-state index contributed by atoms with van der Waals surface area (Å²) < 4.78 is 0. The summed E-state index contributed by atoms with van der Waals surface area (Å²) in [6.45, 7) is 2.38. The zero-order chi connectivity index (χ0) is 15.7. The van der Waals surface area contributed by atoms with Crippen molar-refractivity contribution in [2.45, 2.75) is 38.6 Å². The predicted molar refractivity (Wildman–Crippen MR) is 81.6 cm³/mol. The van der Waals surface area contributed by atoms with Gasteiger partial charge in [-0.25, -0.2) is 0 Å². The molecule has 0 bridgehead atoms. The van der Waals surface area contributed by atoms with Gasteiger partial charge in [0.1, 0.15) is 0 Å². The summed E-state index contributed by atoms with van der Waals surface area (Å²) in [6.07, 6.45) is 2.41. The second-order valence-corrected chi connectivity index (χ2v) is 5.22. The summed E-state index contributed by atoms with van der Waals surface area (Å²) in [5, 5.41) is 11.4. The highest BCUT2D eigenvalue weighted by Gasteiger charge is 2.21. The van der Waals surface area contributed by atoms with Gasteiger partial charge in [-0.3, -0.25) is 9.59 Å². The summed E-state index contributed by atoms with van der Waals surface area (Å²) in [6, 6.07) is 9.24. The molecular formula is C16H24N2O3. The molecule has 0 aromatic heterocycles. The number of rotatable bonds is 9. The molecule has 2 atom stereocenters. The lowest BCUT2D eigenvalue weighted by Gasteiger charge is -2.19. The molecule has 1 amide bonds. The molecule has 2 unspecified atom stereocenters. The van der Waals surface area contributed by atoms with Gasteiger partial charge in [0.25, 0.3) is 0 Å². The summed E-state index contributed by atoms with van der Waals surface area (Å²) in [7, 11) is 0. The number of hydrogen-bond acceptors (Lipinski definition) is 3. The van der Waals surface area contributed by atoms with Gasteiger partial charge < -0.3 is 16.2 Å². The second-order valence-electron chi connectivity index (χ2n) is 5.22. The number of nitrogens with two attached hydrogens (primary N) is 1. The van der Waals surface area contributed by atoms with E-state index >= 15 is 0 Å². The van der Waals surface area contributed by atoms with Gasteiger partial charge in [0.15, 0.2) is 0 Å². The Labute approximate surface area is 125 Å². The standard InChI is InChI=1S/C16H24N2O3/c1-12(15(17)13-8-4-2-5-9-13)16(21)18-11-7-3-6-10-14(19)20/h2,4-5,8-9,12,15H,3,6-7,10-11,17H2,1H3,(H,18,21)(H,19,20). The molecule has 0 aliphatic rings. The number of carbonyl (C=O) groups excluding carboxylic acids is 1. The van der Waals surface area contributed by atoms with Crippen LogP contribution in [0.3, 0.4) is 0 Å². The first-order valence-electron chi connectivity index (χ1n) is 7.32. The van der Waals surface area contributed by atoms with Crippen LogP contribution in [-0.4, -0.2) is 23.5 Å². The molecule has 0 aliphatic carbocycles. The van der Waals surface area contributed by atoms with Crippen molar-refractivity contribution in [2.24, 2.45) is 11.7 Å². The minimum atomic E-state index is -0.776. The number of aliphatic carboxylic acids is 1. The maximum Gasteiger partial charge on any atom is 0.303 e. The molecule has 0 radical (unpaired) electrons. The van der Waals surface area contributed by atoms with Crippen LogP contribution >= 0.6 is 0 Å². The fourth-order valence-corrected chi connectivity index (χ4v) is 2.08. The summed E-state index contributed by atoms with van der Waals surface area (Å²) in [5.74, 6) is -1.14. The third-order valence-corrected chi connectivity index (χ3v) is 3.50. The molecule has 0 heterocycles. The van der Waals surface area contributed by atoms with E-state index in [4.69, 9.17) is 10.8 Å². The van der Waals surface area contributed by atoms with Crippen molar-refractivity contribution in [1.29, 1.82) is 0 Å². The molecule has 4 N–H and O–H groups in total. The Morgan fingerprint density at radius 3 is 2.48 bits per heavy atom. The number of amides is 1. The van der Waals surface area contributed by atoms with Crippen molar-refractivity contribution in [2.75, 3.05) is 6.54 Å². The van der Waals surface area contributed by atoms with E-state index < -0.39 is 5.97 Å². The smallest absolute Gasteiger partial charge is 0.303 e. The van der Waals surface area contributed by atoms with Gasteiger partial charge in [-0.1, -0.05) is 43.7 Å². The Kier molecular flexibility index (Phi) is 7.46. The Morgan fingerprint density at radius 2 is 1.86 bits per heavy atom. The SMILES string of the molecule is CC(C(=O)NCCCCCC(=O)O)C(N)c1ccccc1. The minimum absolute atomic E-state index is 0.0652. The van der Waals surface area contributed by atoms with Gasteiger partial charge in [0.2, 0.25) is 5.91 Å². The van der Waals surface area contributed by atoms with Crippen molar-refractivity contribution in [3.63, 3.8) is 0 Å². The Bertz CT molecular complexity index is 448. The number of carboxylic acid groups (broad SMARTS) is 1. The number of hydrogen-bond donors (Lipinski definition) is 3. The van der Waals surface area contributed by atoms with Gasteiger partial charge in [-0.05, 0) is 18.4 Å². The van der Waals surface area contributed by atoms with Crippen molar-refractivity contribution in [3.05, 3.63) is 35.9 Å². The highest BCUT2D eigenvalue weighted by Crippen LogP contribution is 2.18. The second kappa shape index (κ2) is 9.13. The zero-order valence-corrected chi connectivity index (χ0v) is 12.4. The fourth-order valence-electron chi connectivity index (χ4n) is 2.08. The van der Waals surface area contributed by atoms with Crippen molar-refractivity contribution in [1.82, 2.24) is 5.32 Å². The summed E-state index contributed by atoms with van der Waals surface area (Å²) >= 11 is 0. The topological polar surface area (TPSA) is 92.4 Å². The van der Waals surface area contributed by atoms with Crippen LogP contribution in [-0.2, 0) is 9.59 Å². The van der Waals surface area contributed by atoms with Crippen LogP contribution in [0.25, 0.3) is 0 Å². The lowest BCUT2D eigenvalue weighted by atomic mass is 9.94. The summed E-state index contributed by atoms with van der Waals surface area (Å²) in [4.78, 5) is 22.4. The Morgan fingerprint density at radius 1 is 1.19 bits per heavy atom.